The van der Waals surface area contributed by atoms with Crippen LogP contribution in [0.3, 0.4) is 0 Å². The molecule has 2 heterocycles. The van der Waals surface area contributed by atoms with E-state index >= 15 is 0 Å². The number of nitrogens with zero attached hydrogens (tertiary/aromatic N) is 3. The number of hydrogen-bond acceptors (Lipinski definition) is 4. The van der Waals surface area contributed by atoms with Crippen LogP contribution in [0.15, 0.2) is 30.9 Å². The second-order valence-corrected chi connectivity index (χ2v) is 4.18. The van der Waals surface area contributed by atoms with Gasteiger partial charge in [-0.05, 0) is 24.5 Å². The molecule has 0 aliphatic rings. The third kappa shape index (κ3) is 2.91. The minimum Gasteiger partial charge on any atom is -0.276 e. The molecule has 0 radical (unpaired) electrons. The SMILES string of the molecule is Cn1cc(CCC(NN)c2ccncc2F)cn1. The summed E-state index contributed by atoms with van der Waals surface area (Å²) < 4.78 is 15.3. The predicted molar refractivity (Wildman–Crippen MR) is 65.8 cm³/mol. The average molecular weight is 249 g/mol. The number of halogens is 1. The van der Waals surface area contributed by atoms with Gasteiger partial charge in [0.15, 0.2) is 0 Å². The highest BCUT2D eigenvalue weighted by atomic mass is 19.1. The molecule has 18 heavy (non-hydrogen) atoms. The molecule has 0 fully saturated rings. The third-order valence-corrected chi connectivity index (χ3v) is 2.86. The minimum atomic E-state index is -0.341. The number of nitrogens with two attached hydrogens (primary N) is 1. The first-order valence-electron chi connectivity index (χ1n) is 5.73. The summed E-state index contributed by atoms with van der Waals surface area (Å²) in [5.74, 6) is 5.14. The highest BCUT2D eigenvalue weighted by Gasteiger charge is 2.14. The van der Waals surface area contributed by atoms with Crippen molar-refractivity contribution in [1.29, 1.82) is 0 Å². The van der Waals surface area contributed by atoms with Crippen molar-refractivity contribution in [1.82, 2.24) is 20.2 Å². The molecule has 0 saturated carbocycles. The molecule has 1 atom stereocenters. The number of rotatable bonds is 5. The lowest BCUT2D eigenvalue weighted by atomic mass is 10.0. The molecule has 0 saturated heterocycles. The normalized spacial score (nSPS) is 12.6. The van der Waals surface area contributed by atoms with Crippen LogP contribution in [0, 0.1) is 5.82 Å². The average Bonchev–Trinajstić information content (AvgIpc) is 2.78. The first kappa shape index (κ1) is 12.7. The van der Waals surface area contributed by atoms with Crippen molar-refractivity contribution < 1.29 is 4.39 Å². The van der Waals surface area contributed by atoms with Gasteiger partial charge < -0.3 is 0 Å². The van der Waals surface area contributed by atoms with Crippen LogP contribution in [0.4, 0.5) is 4.39 Å². The maximum atomic E-state index is 13.6. The number of pyridine rings is 1. The van der Waals surface area contributed by atoms with Gasteiger partial charge in [0.2, 0.25) is 0 Å². The van der Waals surface area contributed by atoms with E-state index in [0.29, 0.717) is 12.0 Å². The fourth-order valence-electron chi connectivity index (χ4n) is 1.91. The van der Waals surface area contributed by atoms with Crippen molar-refractivity contribution in [2.24, 2.45) is 12.9 Å². The molecule has 1 unspecified atom stereocenters. The molecular formula is C12H16FN5. The molecule has 2 rings (SSSR count). The summed E-state index contributed by atoms with van der Waals surface area (Å²) in [6, 6.07) is 1.41. The first-order valence-corrected chi connectivity index (χ1v) is 5.73. The largest absolute Gasteiger partial charge is 0.276 e. The van der Waals surface area contributed by atoms with Crippen molar-refractivity contribution >= 4 is 0 Å². The smallest absolute Gasteiger partial charge is 0.146 e. The summed E-state index contributed by atoms with van der Waals surface area (Å²) in [7, 11) is 1.87. The van der Waals surface area contributed by atoms with Gasteiger partial charge in [-0.15, -0.1) is 0 Å². The van der Waals surface area contributed by atoms with E-state index in [0.717, 1.165) is 12.0 Å². The summed E-state index contributed by atoms with van der Waals surface area (Å²) in [6.45, 7) is 0. The lowest BCUT2D eigenvalue weighted by Gasteiger charge is -2.16. The minimum absolute atomic E-state index is 0.229. The van der Waals surface area contributed by atoms with Crippen molar-refractivity contribution in [3.63, 3.8) is 0 Å². The van der Waals surface area contributed by atoms with Crippen LogP contribution in [-0.4, -0.2) is 14.8 Å². The lowest BCUT2D eigenvalue weighted by molar-refractivity contribution is 0.483. The molecule has 6 heteroatoms. The van der Waals surface area contributed by atoms with Crippen LogP contribution >= 0.6 is 0 Å². The number of nitrogens with one attached hydrogen (secondary N) is 1. The van der Waals surface area contributed by atoms with Gasteiger partial charge in [0.25, 0.3) is 0 Å². The van der Waals surface area contributed by atoms with Crippen molar-refractivity contribution in [2.45, 2.75) is 18.9 Å². The molecule has 0 aliphatic carbocycles. The van der Waals surface area contributed by atoms with Crippen molar-refractivity contribution in [2.75, 3.05) is 0 Å². The third-order valence-electron chi connectivity index (χ3n) is 2.86. The maximum absolute atomic E-state index is 13.6. The molecule has 0 bridgehead atoms. The number of hydrogen-bond donors (Lipinski definition) is 2. The topological polar surface area (TPSA) is 68.8 Å². The van der Waals surface area contributed by atoms with Crippen LogP contribution in [0.5, 0.6) is 0 Å². The molecule has 3 N–H and O–H groups in total. The summed E-state index contributed by atoms with van der Waals surface area (Å²) in [5, 5.41) is 4.09. The van der Waals surface area contributed by atoms with E-state index in [9.17, 15) is 4.39 Å². The van der Waals surface area contributed by atoms with E-state index in [1.165, 1.54) is 6.20 Å². The predicted octanol–water partition coefficient (Wildman–Crippen LogP) is 1.09. The van der Waals surface area contributed by atoms with E-state index < -0.39 is 0 Å². The molecule has 96 valence electrons. The Labute approximate surface area is 105 Å². The second-order valence-electron chi connectivity index (χ2n) is 4.18. The van der Waals surface area contributed by atoms with Gasteiger partial charge in [-0.1, -0.05) is 0 Å². The standard InChI is InChI=1S/C12H16FN5/c1-18-8-9(6-16-18)2-3-12(17-14)10-4-5-15-7-11(10)13/h4-8,12,17H,2-3,14H2,1H3. The van der Waals surface area contributed by atoms with Crippen LogP contribution in [0.1, 0.15) is 23.6 Å². The number of aromatic nitrogens is 3. The quantitative estimate of drug-likeness (QED) is 0.615. The Kier molecular flexibility index (Phi) is 4.01. The fourth-order valence-corrected chi connectivity index (χ4v) is 1.91. The number of aryl methyl sites for hydroxylation is 2. The van der Waals surface area contributed by atoms with Gasteiger partial charge in [-0.2, -0.15) is 5.10 Å². The number of hydrazine groups is 1. The first-order chi connectivity index (χ1) is 8.70. The molecule has 0 aliphatic heterocycles. The van der Waals surface area contributed by atoms with Gasteiger partial charge in [-0.3, -0.25) is 20.9 Å². The van der Waals surface area contributed by atoms with Gasteiger partial charge in [0.05, 0.1) is 12.4 Å². The Bertz CT molecular complexity index is 511. The Morgan fingerprint density at radius 2 is 2.33 bits per heavy atom. The Balaban J connectivity index is 2.04. The monoisotopic (exact) mass is 249 g/mol. The van der Waals surface area contributed by atoms with E-state index in [1.807, 2.05) is 13.2 Å². The molecule has 0 aromatic carbocycles. The highest BCUT2D eigenvalue weighted by Crippen LogP contribution is 2.20. The van der Waals surface area contributed by atoms with Gasteiger partial charge in [-0.25, -0.2) is 4.39 Å². The Morgan fingerprint density at radius 3 is 2.94 bits per heavy atom. The van der Waals surface area contributed by atoms with E-state index in [2.05, 4.69) is 15.5 Å². The van der Waals surface area contributed by atoms with Gasteiger partial charge >= 0.3 is 0 Å². The molecule has 0 spiro atoms. The summed E-state index contributed by atoms with van der Waals surface area (Å²) in [4.78, 5) is 3.73. The zero-order chi connectivity index (χ0) is 13.0. The van der Waals surface area contributed by atoms with Crippen LogP contribution < -0.4 is 11.3 Å². The summed E-state index contributed by atoms with van der Waals surface area (Å²) in [5.41, 5.74) is 4.28. The molecule has 2 aromatic heterocycles. The zero-order valence-electron chi connectivity index (χ0n) is 10.2. The summed E-state index contributed by atoms with van der Waals surface area (Å²) in [6.07, 6.45) is 7.98. The van der Waals surface area contributed by atoms with E-state index in [4.69, 9.17) is 5.84 Å². The Morgan fingerprint density at radius 1 is 1.50 bits per heavy atom. The maximum Gasteiger partial charge on any atom is 0.146 e. The second kappa shape index (κ2) is 5.70. The zero-order valence-corrected chi connectivity index (χ0v) is 10.2. The van der Waals surface area contributed by atoms with Crippen molar-refractivity contribution in [3.05, 3.63) is 47.8 Å². The fraction of sp³-hybridized carbons (Fsp3) is 0.333. The highest BCUT2D eigenvalue weighted by molar-refractivity contribution is 5.18. The van der Waals surface area contributed by atoms with Crippen LogP contribution in [0.2, 0.25) is 0 Å². The van der Waals surface area contributed by atoms with Gasteiger partial charge in [0, 0.05) is 31.0 Å². The molecule has 5 nitrogen and oxygen atoms in total. The van der Waals surface area contributed by atoms with Crippen LogP contribution in [0.25, 0.3) is 0 Å². The molecule has 2 aromatic rings. The van der Waals surface area contributed by atoms with E-state index in [1.54, 1.807) is 23.1 Å². The van der Waals surface area contributed by atoms with Crippen LogP contribution in [-0.2, 0) is 13.5 Å². The molecular weight excluding hydrogens is 233 g/mol. The van der Waals surface area contributed by atoms with E-state index in [-0.39, 0.29) is 11.9 Å². The van der Waals surface area contributed by atoms with Gasteiger partial charge in [0.1, 0.15) is 5.82 Å². The van der Waals surface area contributed by atoms with Crippen molar-refractivity contribution in [3.8, 4) is 0 Å². The lowest BCUT2D eigenvalue weighted by Crippen LogP contribution is -2.29. The summed E-state index contributed by atoms with van der Waals surface area (Å²) >= 11 is 0. The molecule has 0 amide bonds. The Hall–Kier alpha value is -1.79.